The van der Waals surface area contributed by atoms with Crippen LogP contribution in [0.5, 0.6) is 0 Å². The normalized spacial score (nSPS) is 26.4. The minimum atomic E-state index is 0.150. The molecule has 3 rings (SSSR count). The van der Waals surface area contributed by atoms with Crippen molar-refractivity contribution in [1.29, 1.82) is 0 Å². The Morgan fingerprint density at radius 1 is 1.26 bits per heavy atom. The summed E-state index contributed by atoms with van der Waals surface area (Å²) in [6, 6.07) is 4.65. The van der Waals surface area contributed by atoms with Crippen LogP contribution < -0.4 is 5.73 Å². The summed E-state index contributed by atoms with van der Waals surface area (Å²) in [5.74, 6) is 0.463. The number of amides is 1. The predicted octanol–water partition coefficient (Wildman–Crippen LogP) is 1.70. The maximum absolute atomic E-state index is 12.6. The number of rotatable bonds is 4. The highest BCUT2D eigenvalue weighted by atomic mass is 16.2. The Hall–Kier alpha value is -1.42. The number of pyridine rings is 1. The minimum absolute atomic E-state index is 0.150. The third-order valence-electron chi connectivity index (χ3n) is 4.20. The molecule has 1 amide bonds. The highest BCUT2D eigenvalue weighted by Gasteiger charge is 2.37. The van der Waals surface area contributed by atoms with E-state index in [2.05, 4.69) is 9.88 Å². The first kappa shape index (κ1) is 12.6. The molecular weight excluding hydrogens is 238 g/mol. The van der Waals surface area contributed by atoms with Crippen LogP contribution in [-0.2, 0) is 11.3 Å². The van der Waals surface area contributed by atoms with E-state index in [0.717, 1.165) is 44.2 Å². The van der Waals surface area contributed by atoms with Crippen LogP contribution in [0.1, 0.15) is 37.7 Å². The topological polar surface area (TPSA) is 59.2 Å². The van der Waals surface area contributed by atoms with Crippen LogP contribution in [0.4, 0.5) is 0 Å². The first-order valence-electron chi connectivity index (χ1n) is 7.19. The fourth-order valence-electron chi connectivity index (χ4n) is 2.93. The van der Waals surface area contributed by atoms with Crippen molar-refractivity contribution in [2.75, 3.05) is 0 Å². The molecule has 0 radical (unpaired) electrons. The summed E-state index contributed by atoms with van der Waals surface area (Å²) < 4.78 is 0. The molecule has 0 bridgehead atoms. The van der Waals surface area contributed by atoms with Crippen LogP contribution in [-0.4, -0.2) is 27.9 Å². The lowest BCUT2D eigenvalue weighted by Gasteiger charge is -2.25. The van der Waals surface area contributed by atoms with E-state index in [1.54, 1.807) is 12.4 Å². The molecule has 2 aliphatic carbocycles. The van der Waals surface area contributed by atoms with Gasteiger partial charge in [0.05, 0.1) is 0 Å². The van der Waals surface area contributed by atoms with Gasteiger partial charge in [0.25, 0.3) is 0 Å². The first-order valence-corrected chi connectivity index (χ1v) is 7.19. The summed E-state index contributed by atoms with van der Waals surface area (Å²) in [5, 5.41) is 0. The van der Waals surface area contributed by atoms with Crippen LogP contribution in [0.15, 0.2) is 24.5 Å². The van der Waals surface area contributed by atoms with Gasteiger partial charge >= 0.3 is 0 Å². The molecule has 2 atom stereocenters. The van der Waals surface area contributed by atoms with Gasteiger partial charge in [0.1, 0.15) is 0 Å². The van der Waals surface area contributed by atoms with E-state index >= 15 is 0 Å². The zero-order valence-electron chi connectivity index (χ0n) is 11.2. The SMILES string of the molecule is NC1CCC(C(=O)N(Cc2ccncc2)C2CC2)C1. The molecule has 1 aromatic heterocycles. The van der Waals surface area contributed by atoms with E-state index in [1.807, 2.05) is 12.1 Å². The largest absolute Gasteiger partial charge is 0.335 e. The fourth-order valence-corrected chi connectivity index (χ4v) is 2.93. The second-order valence-electron chi connectivity index (χ2n) is 5.82. The highest BCUT2D eigenvalue weighted by Crippen LogP contribution is 2.33. The van der Waals surface area contributed by atoms with E-state index < -0.39 is 0 Å². The monoisotopic (exact) mass is 259 g/mol. The van der Waals surface area contributed by atoms with Gasteiger partial charge in [0, 0.05) is 36.9 Å². The summed E-state index contributed by atoms with van der Waals surface area (Å²) in [6.07, 6.45) is 8.68. The molecule has 2 N–H and O–H groups in total. The van der Waals surface area contributed by atoms with Gasteiger partial charge in [-0.05, 0) is 49.8 Å². The molecule has 1 aromatic rings. The molecule has 2 unspecified atom stereocenters. The van der Waals surface area contributed by atoms with Crippen LogP contribution in [0.3, 0.4) is 0 Å². The highest BCUT2D eigenvalue weighted by molar-refractivity contribution is 5.79. The van der Waals surface area contributed by atoms with Gasteiger partial charge in [0.15, 0.2) is 0 Å². The van der Waals surface area contributed by atoms with E-state index in [1.165, 1.54) is 0 Å². The smallest absolute Gasteiger partial charge is 0.226 e. The van der Waals surface area contributed by atoms with Gasteiger partial charge < -0.3 is 10.6 Å². The Balaban J connectivity index is 1.69. The van der Waals surface area contributed by atoms with E-state index in [9.17, 15) is 4.79 Å². The Labute approximate surface area is 114 Å². The van der Waals surface area contributed by atoms with Gasteiger partial charge in [-0.25, -0.2) is 0 Å². The Bertz CT molecular complexity index is 444. The molecule has 2 aliphatic rings. The average Bonchev–Trinajstić information content (AvgIpc) is 3.18. The van der Waals surface area contributed by atoms with Crippen LogP contribution in [0.2, 0.25) is 0 Å². The van der Waals surface area contributed by atoms with Crippen molar-refractivity contribution in [2.24, 2.45) is 11.7 Å². The van der Waals surface area contributed by atoms with Crippen LogP contribution >= 0.6 is 0 Å². The third kappa shape index (κ3) is 2.95. The minimum Gasteiger partial charge on any atom is -0.335 e. The molecule has 0 saturated heterocycles. The van der Waals surface area contributed by atoms with Gasteiger partial charge in [-0.2, -0.15) is 0 Å². The van der Waals surface area contributed by atoms with Crippen molar-refractivity contribution < 1.29 is 4.79 Å². The summed E-state index contributed by atoms with van der Waals surface area (Å²) in [5.41, 5.74) is 7.09. The predicted molar refractivity (Wildman–Crippen MR) is 73.1 cm³/mol. The second-order valence-corrected chi connectivity index (χ2v) is 5.82. The van der Waals surface area contributed by atoms with Crippen molar-refractivity contribution in [2.45, 2.75) is 50.7 Å². The van der Waals surface area contributed by atoms with Gasteiger partial charge in [0.2, 0.25) is 5.91 Å². The van der Waals surface area contributed by atoms with E-state index in [0.29, 0.717) is 11.9 Å². The fraction of sp³-hybridized carbons (Fsp3) is 0.600. The molecule has 0 spiro atoms. The Kier molecular flexibility index (Phi) is 3.51. The number of nitrogens with two attached hydrogens (primary N) is 1. The molecular formula is C15H21N3O. The van der Waals surface area contributed by atoms with Crippen molar-refractivity contribution in [1.82, 2.24) is 9.88 Å². The molecule has 4 nitrogen and oxygen atoms in total. The van der Waals surface area contributed by atoms with Crippen molar-refractivity contribution in [3.05, 3.63) is 30.1 Å². The molecule has 4 heteroatoms. The van der Waals surface area contributed by atoms with Crippen LogP contribution in [0.25, 0.3) is 0 Å². The summed E-state index contributed by atoms with van der Waals surface area (Å²) >= 11 is 0. The van der Waals surface area contributed by atoms with Crippen LogP contribution in [0, 0.1) is 5.92 Å². The first-order chi connectivity index (χ1) is 9.24. The maximum Gasteiger partial charge on any atom is 0.226 e. The number of aromatic nitrogens is 1. The lowest BCUT2D eigenvalue weighted by atomic mass is 10.1. The van der Waals surface area contributed by atoms with E-state index in [4.69, 9.17) is 5.73 Å². The summed E-state index contributed by atoms with van der Waals surface area (Å²) in [7, 11) is 0. The number of hydrogen-bond acceptors (Lipinski definition) is 3. The van der Waals surface area contributed by atoms with Gasteiger partial charge in [-0.3, -0.25) is 9.78 Å². The van der Waals surface area contributed by atoms with E-state index in [-0.39, 0.29) is 12.0 Å². The van der Waals surface area contributed by atoms with Crippen molar-refractivity contribution in [3.8, 4) is 0 Å². The number of hydrogen-bond donors (Lipinski definition) is 1. The quantitative estimate of drug-likeness (QED) is 0.895. The zero-order valence-corrected chi connectivity index (χ0v) is 11.2. The molecule has 1 heterocycles. The Morgan fingerprint density at radius 2 is 2.00 bits per heavy atom. The lowest BCUT2D eigenvalue weighted by Crippen LogP contribution is -2.37. The molecule has 2 saturated carbocycles. The standard InChI is InChI=1S/C15H21N3O/c16-13-2-1-12(9-13)15(19)18(14-3-4-14)10-11-5-7-17-8-6-11/h5-8,12-14H,1-4,9-10,16H2. The summed E-state index contributed by atoms with van der Waals surface area (Å²) in [4.78, 5) is 18.7. The molecule has 2 fully saturated rings. The summed E-state index contributed by atoms with van der Waals surface area (Å²) in [6.45, 7) is 0.720. The lowest BCUT2D eigenvalue weighted by molar-refractivity contribution is -0.136. The van der Waals surface area contributed by atoms with Gasteiger partial charge in [-0.15, -0.1) is 0 Å². The molecule has 102 valence electrons. The Morgan fingerprint density at radius 3 is 2.58 bits per heavy atom. The molecule has 0 aromatic carbocycles. The van der Waals surface area contributed by atoms with Crippen molar-refractivity contribution >= 4 is 5.91 Å². The number of nitrogens with zero attached hydrogens (tertiary/aromatic N) is 2. The third-order valence-corrected chi connectivity index (χ3v) is 4.20. The molecule has 0 aliphatic heterocycles. The zero-order chi connectivity index (χ0) is 13.2. The number of carbonyl (C=O) groups excluding carboxylic acids is 1. The number of carbonyl (C=O) groups is 1. The molecule has 19 heavy (non-hydrogen) atoms. The average molecular weight is 259 g/mol. The van der Waals surface area contributed by atoms with Gasteiger partial charge in [-0.1, -0.05) is 0 Å². The second kappa shape index (κ2) is 5.29. The maximum atomic E-state index is 12.6. The van der Waals surface area contributed by atoms with Crippen molar-refractivity contribution in [3.63, 3.8) is 0 Å².